The Balaban J connectivity index is 1.80. The van der Waals surface area contributed by atoms with E-state index in [0.29, 0.717) is 17.5 Å². The highest BCUT2D eigenvalue weighted by atomic mass is 35.5. The third-order valence-corrected chi connectivity index (χ3v) is 4.43. The first-order chi connectivity index (χ1) is 11.4. The van der Waals surface area contributed by atoms with Crippen molar-refractivity contribution >= 4 is 34.9 Å². The highest BCUT2D eigenvalue weighted by Crippen LogP contribution is 2.26. The summed E-state index contributed by atoms with van der Waals surface area (Å²) in [6.45, 7) is 1.81. The van der Waals surface area contributed by atoms with Crippen LogP contribution in [0.2, 0.25) is 5.02 Å². The number of rotatable bonds is 4. The van der Waals surface area contributed by atoms with Crippen molar-refractivity contribution in [2.24, 2.45) is 0 Å². The Morgan fingerprint density at radius 2 is 2.12 bits per heavy atom. The van der Waals surface area contributed by atoms with Crippen molar-refractivity contribution in [1.29, 1.82) is 0 Å². The van der Waals surface area contributed by atoms with E-state index in [0.717, 1.165) is 25.3 Å². The molecular weight excluding hydrogens is 331 g/mol. The Labute approximate surface area is 145 Å². The monoisotopic (exact) mass is 350 g/mol. The molecule has 1 saturated heterocycles. The van der Waals surface area contributed by atoms with Crippen LogP contribution in [0.4, 0.5) is 27.7 Å². The van der Waals surface area contributed by atoms with Crippen LogP contribution < -0.4 is 16.0 Å². The molecule has 24 heavy (non-hydrogen) atoms. The largest absolute Gasteiger partial charge is 0.368 e. The lowest BCUT2D eigenvalue weighted by molar-refractivity contribution is 0.315. The van der Waals surface area contributed by atoms with Gasteiger partial charge < -0.3 is 20.9 Å². The fourth-order valence-electron chi connectivity index (χ4n) is 2.77. The summed E-state index contributed by atoms with van der Waals surface area (Å²) in [5.74, 6) is 1.06. The van der Waals surface area contributed by atoms with Crippen molar-refractivity contribution < 1.29 is 4.39 Å². The second-order valence-corrected chi connectivity index (χ2v) is 6.48. The van der Waals surface area contributed by atoms with Gasteiger partial charge in [-0.3, -0.25) is 0 Å². The number of hydrogen-bond acceptors (Lipinski definition) is 6. The van der Waals surface area contributed by atoms with Crippen LogP contribution in [-0.4, -0.2) is 48.1 Å². The number of nitrogens with zero attached hydrogens (tertiary/aromatic N) is 4. The van der Waals surface area contributed by atoms with Crippen LogP contribution in [-0.2, 0) is 0 Å². The summed E-state index contributed by atoms with van der Waals surface area (Å²) in [5, 5.41) is 3.14. The molecule has 1 aromatic carbocycles. The Bertz CT molecular complexity index is 739. The molecule has 2 aromatic rings. The van der Waals surface area contributed by atoms with Gasteiger partial charge in [-0.15, -0.1) is 0 Å². The maximum Gasteiger partial charge on any atom is 0.223 e. The predicted octanol–water partition coefficient (Wildman–Crippen LogP) is 2.74. The van der Waals surface area contributed by atoms with E-state index in [9.17, 15) is 4.39 Å². The minimum absolute atomic E-state index is 0.0515. The van der Waals surface area contributed by atoms with Crippen LogP contribution in [0, 0.1) is 5.82 Å². The quantitative estimate of drug-likeness (QED) is 0.883. The summed E-state index contributed by atoms with van der Waals surface area (Å²) in [7, 11) is 4.15. The van der Waals surface area contributed by atoms with Gasteiger partial charge in [0.1, 0.15) is 17.5 Å². The van der Waals surface area contributed by atoms with Gasteiger partial charge in [-0.05, 0) is 38.7 Å². The van der Waals surface area contributed by atoms with Gasteiger partial charge in [0.05, 0.1) is 5.02 Å². The zero-order valence-corrected chi connectivity index (χ0v) is 14.4. The molecule has 2 heterocycles. The van der Waals surface area contributed by atoms with E-state index in [1.807, 2.05) is 6.07 Å². The smallest absolute Gasteiger partial charge is 0.223 e. The topological polar surface area (TPSA) is 70.3 Å². The fraction of sp³-hybridized carbons (Fsp3) is 0.375. The lowest BCUT2D eigenvalue weighted by atomic mass is 10.2. The Morgan fingerprint density at radius 1 is 1.33 bits per heavy atom. The molecule has 1 aliphatic heterocycles. The Morgan fingerprint density at radius 3 is 2.79 bits per heavy atom. The molecular formula is C16H20ClFN6. The maximum absolute atomic E-state index is 13.3. The number of benzene rings is 1. The normalized spacial score (nSPS) is 17.5. The van der Waals surface area contributed by atoms with Crippen molar-refractivity contribution in [3.63, 3.8) is 0 Å². The molecule has 1 fully saturated rings. The van der Waals surface area contributed by atoms with Crippen LogP contribution in [0.15, 0.2) is 24.3 Å². The standard InChI is InChI=1S/C16H20ClFN6/c1-23(2)11-5-6-24(9-11)15-8-14(21-16(19)22-15)20-10-3-4-13(18)12(17)7-10/h3-4,7-8,11H,5-6,9H2,1-2H3,(H3,19,20,21,22)/t11-/m1/s1. The van der Waals surface area contributed by atoms with E-state index in [1.165, 1.54) is 12.1 Å². The average Bonchev–Trinajstić information content (AvgIpc) is 3.01. The molecule has 3 N–H and O–H groups in total. The predicted molar refractivity (Wildman–Crippen MR) is 95.4 cm³/mol. The molecule has 0 saturated carbocycles. The van der Waals surface area contributed by atoms with Gasteiger partial charge in [0.2, 0.25) is 5.95 Å². The van der Waals surface area contributed by atoms with Crippen LogP contribution in [0.1, 0.15) is 6.42 Å². The highest BCUT2D eigenvalue weighted by Gasteiger charge is 2.25. The lowest BCUT2D eigenvalue weighted by Crippen LogP contribution is -2.31. The number of hydrogen-bond donors (Lipinski definition) is 2. The number of aromatic nitrogens is 2. The molecule has 0 radical (unpaired) electrons. The average molecular weight is 351 g/mol. The Kier molecular flexibility index (Phi) is 4.73. The molecule has 6 nitrogen and oxygen atoms in total. The van der Waals surface area contributed by atoms with E-state index in [1.54, 1.807) is 6.07 Å². The van der Waals surface area contributed by atoms with E-state index >= 15 is 0 Å². The summed E-state index contributed by atoms with van der Waals surface area (Å²) in [6, 6.07) is 6.74. The van der Waals surface area contributed by atoms with Crippen molar-refractivity contribution in [3.8, 4) is 0 Å². The first-order valence-electron chi connectivity index (χ1n) is 7.70. The van der Waals surface area contributed by atoms with Gasteiger partial charge in [0, 0.05) is 30.9 Å². The molecule has 0 aliphatic carbocycles. The molecule has 0 bridgehead atoms. The van der Waals surface area contributed by atoms with E-state index in [-0.39, 0.29) is 11.0 Å². The lowest BCUT2D eigenvalue weighted by Gasteiger charge is -2.21. The number of halogens is 2. The minimum Gasteiger partial charge on any atom is -0.368 e. The zero-order chi connectivity index (χ0) is 17.3. The van der Waals surface area contributed by atoms with E-state index in [4.69, 9.17) is 17.3 Å². The molecule has 1 atom stereocenters. The molecule has 128 valence electrons. The first kappa shape index (κ1) is 16.7. The summed E-state index contributed by atoms with van der Waals surface area (Å²) in [5.41, 5.74) is 6.48. The number of nitrogen functional groups attached to an aromatic ring is 1. The second-order valence-electron chi connectivity index (χ2n) is 6.08. The third kappa shape index (κ3) is 3.68. The second kappa shape index (κ2) is 6.78. The summed E-state index contributed by atoms with van der Waals surface area (Å²) in [4.78, 5) is 12.9. The number of anilines is 4. The van der Waals surface area contributed by atoms with Crippen molar-refractivity contribution in [1.82, 2.24) is 14.9 Å². The van der Waals surface area contributed by atoms with Gasteiger partial charge in [-0.2, -0.15) is 9.97 Å². The Hall–Kier alpha value is -2.12. The van der Waals surface area contributed by atoms with Crippen molar-refractivity contribution in [3.05, 3.63) is 35.1 Å². The summed E-state index contributed by atoms with van der Waals surface area (Å²) in [6.07, 6.45) is 1.08. The van der Waals surface area contributed by atoms with Gasteiger partial charge in [-0.25, -0.2) is 4.39 Å². The first-order valence-corrected chi connectivity index (χ1v) is 8.08. The fourth-order valence-corrected chi connectivity index (χ4v) is 2.95. The van der Waals surface area contributed by atoms with E-state index in [2.05, 4.69) is 39.2 Å². The van der Waals surface area contributed by atoms with Crippen molar-refractivity contribution in [2.75, 3.05) is 43.1 Å². The van der Waals surface area contributed by atoms with Crippen LogP contribution in [0.25, 0.3) is 0 Å². The van der Waals surface area contributed by atoms with Gasteiger partial charge in [-0.1, -0.05) is 11.6 Å². The summed E-state index contributed by atoms with van der Waals surface area (Å²) < 4.78 is 13.3. The van der Waals surface area contributed by atoms with Crippen LogP contribution in [0.5, 0.6) is 0 Å². The molecule has 0 spiro atoms. The highest BCUT2D eigenvalue weighted by molar-refractivity contribution is 6.31. The van der Waals surface area contributed by atoms with Crippen molar-refractivity contribution in [2.45, 2.75) is 12.5 Å². The number of nitrogens with one attached hydrogen (secondary N) is 1. The molecule has 3 rings (SSSR count). The minimum atomic E-state index is -0.461. The maximum atomic E-state index is 13.3. The SMILES string of the molecule is CN(C)[C@@H]1CCN(c2cc(Nc3ccc(F)c(Cl)c3)nc(N)n2)C1. The van der Waals surface area contributed by atoms with Crippen LogP contribution in [0.3, 0.4) is 0 Å². The van der Waals surface area contributed by atoms with E-state index < -0.39 is 5.82 Å². The molecule has 0 amide bonds. The van der Waals surface area contributed by atoms with Gasteiger partial charge in [0.25, 0.3) is 0 Å². The van der Waals surface area contributed by atoms with Gasteiger partial charge in [0.15, 0.2) is 0 Å². The third-order valence-electron chi connectivity index (χ3n) is 4.14. The zero-order valence-electron chi connectivity index (χ0n) is 13.6. The number of likely N-dealkylation sites (N-methyl/N-ethyl adjacent to an activating group) is 1. The van der Waals surface area contributed by atoms with Crippen LogP contribution >= 0.6 is 11.6 Å². The van der Waals surface area contributed by atoms with Gasteiger partial charge >= 0.3 is 0 Å². The summed E-state index contributed by atoms with van der Waals surface area (Å²) >= 11 is 5.81. The molecule has 1 aromatic heterocycles. The number of nitrogens with two attached hydrogens (primary N) is 1. The molecule has 0 unspecified atom stereocenters. The molecule has 8 heteroatoms. The molecule has 1 aliphatic rings.